The normalized spacial score (nSPS) is 10.3. The van der Waals surface area contributed by atoms with Crippen LogP contribution in [0.3, 0.4) is 0 Å². The van der Waals surface area contributed by atoms with Crippen LogP contribution >= 0.6 is 0 Å². The minimum atomic E-state index is -0.649. The summed E-state index contributed by atoms with van der Waals surface area (Å²) in [4.78, 5) is 16.1. The second-order valence-electron chi connectivity index (χ2n) is 4.00. The first kappa shape index (κ1) is 14.1. The number of carbonyl (C=O) groups is 1. The van der Waals surface area contributed by atoms with E-state index in [1.165, 1.54) is 18.3 Å². The van der Waals surface area contributed by atoms with Gasteiger partial charge in [-0.3, -0.25) is 4.79 Å². The summed E-state index contributed by atoms with van der Waals surface area (Å²) in [5.41, 5.74) is 0.0662. The van der Waals surface area contributed by atoms with E-state index in [-0.39, 0.29) is 11.3 Å². The van der Waals surface area contributed by atoms with Crippen molar-refractivity contribution in [1.29, 1.82) is 0 Å². The summed E-state index contributed by atoms with van der Waals surface area (Å²) >= 11 is 0. The van der Waals surface area contributed by atoms with Gasteiger partial charge in [0.25, 0.3) is 0 Å². The van der Waals surface area contributed by atoms with E-state index in [1.807, 2.05) is 0 Å². The lowest BCUT2D eigenvalue weighted by molar-refractivity contribution is 0.102. The number of halogens is 1. The fourth-order valence-electron chi connectivity index (χ4n) is 1.70. The first-order chi connectivity index (χ1) is 9.74. The summed E-state index contributed by atoms with van der Waals surface area (Å²) in [6, 6.07) is 9.31. The molecule has 0 saturated heterocycles. The molecule has 2 rings (SSSR count). The molecule has 2 aromatic rings. The predicted molar refractivity (Wildman–Crippen MR) is 71.4 cm³/mol. The average Bonchev–Trinajstić information content (AvgIpc) is 2.48. The maximum Gasteiger partial charge on any atom is 0.218 e. The third kappa shape index (κ3) is 3.19. The van der Waals surface area contributed by atoms with E-state index in [2.05, 4.69) is 4.98 Å². The Morgan fingerprint density at radius 1 is 1.20 bits per heavy atom. The lowest BCUT2D eigenvalue weighted by Gasteiger charge is -2.10. The zero-order valence-corrected chi connectivity index (χ0v) is 11.0. The van der Waals surface area contributed by atoms with Gasteiger partial charge in [0.2, 0.25) is 5.78 Å². The van der Waals surface area contributed by atoms with Crippen LogP contribution in [0.25, 0.3) is 0 Å². The molecule has 0 aliphatic heterocycles. The minimum absolute atomic E-state index is 0.213. The summed E-state index contributed by atoms with van der Waals surface area (Å²) in [6.07, 6.45) is 1.38. The van der Waals surface area contributed by atoms with E-state index in [4.69, 9.17) is 9.47 Å². The molecule has 0 spiro atoms. The Balaban J connectivity index is 2.28. The molecule has 0 radical (unpaired) electrons. The lowest BCUT2D eigenvalue weighted by Crippen LogP contribution is -2.11. The van der Waals surface area contributed by atoms with Crippen molar-refractivity contribution in [2.45, 2.75) is 0 Å². The van der Waals surface area contributed by atoms with Gasteiger partial charge in [-0.15, -0.1) is 0 Å². The zero-order valence-electron chi connectivity index (χ0n) is 11.0. The van der Waals surface area contributed by atoms with Crippen molar-refractivity contribution in [2.24, 2.45) is 0 Å². The van der Waals surface area contributed by atoms with Gasteiger partial charge < -0.3 is 9.47 Å². The van der Waals surface area contributed by atoms with Crippen molar-refractivity contribution >= 4 is 5.78 Å². The summed E-state index contributed by atoms with van der Waals surface area (Å²) in [5.74, 6) is -0.764. The molecule has 0 amide bonds. The summed E-state index contributed by atoms with van der Waals surface area (Å²) in [7, 11) is 1.56. The molecule has 0 atom stereocenters. The highest BCUT2D eigenvalue weighted by Crippen LogP contribution is 2.21. The fraction of sp³-hybridized carbons (Fsp3) is 0.200. The van der Waals surface area contributed by atoms with Crippen LogP contribution in [0.4, 0.5) is 4.39 Å². The van der Waals surface area contributed by atoms with E-state index in [1.54, 1.807) is 31.4 Å². The van der Waals surface area contributed by atoms with Crippen LogP contribution in [0.2, 0.25) is 0 Å². The molecular weight excluding hydrogens is 261 g/mol. The van der Waals surface area contributed by atoms with Crippen LogP contribution in [0.15, 0.2) is 42.6 Å². The van der Waals surface area contributed by atoms with Crippen molar-refractivity contribution < 1.29 is 18.7 Å². The van der Waals surface area contributed by atoms with E-state index in [0.717, 1.165) is 0 Å². The highest BCUT2D eigenvalue weighted by molar-refractivity contribution is 6.09. The Kier molecular flexibility index (Phi) is 4.79. The van der Waals surface area contributed by atoms with Crippen LogP contribution in [-0.4, -0.2) is 31.1 Å². The number of para-hydroxylation sites is 1. The standard InChI is InChI=1S/C15H14FNO3/c1-19-9-10-20-13-7-3-2-5-11(13)15(18)14-12(16)6-4-8-17-14/h2-8H,9-10H2,1H3. The van der Waals surface area contributed by atoms with Crippen LogP contribution < -0.4 is 4.74 Å². The fourth-order valence-corrected chi connectivity index (χ4v) is 1.70. The molecule has 4 nitrogen and oxygen atoms in total. The molecule has 0 saturated carbocycles. The largest absolute Gasteiger partial charge is 0.490 e. The highest BCUT2D eigenvalue weighted by atomic mass is 19.1. The quantitative estimate of drug-likeness (QED) is 0.600. The number of aromatic nitrogens is 1. The molecule has 1 heterocycles. The van der Waals surface area contributed by atoms with E-state index < -0.39 is 11.6 Å². The molecule has 1 aromatic carbocycles. The Hall–Kier alpha value is -2.27. The van der Waals surface area contributed by atoms with Gasteiger partial charge in [0.15, 0.2) is 5.82 Å². The molecule has 0 aliphatic rings. The number of hydrogen-bond donors (Lipinski definition) is 0. The molecule has 0 unspecified atom stereocenters. The Labute approximate surface area is 116 Å². The minimum Gasteiger partial charge on any atom is -0.490 e. The van der Waals surface area contributed by atoms with Gasteiger partial charge in [0.1, 0.15) is 18.1 Å². The maximum atomic E-state index is 13.6. The summed E-state index contributed by atoms with van der Waals surface area (Å²) in [5, 5.41) is 0. The van der Waals surface area contributed by atoms with Crippen molar-refractivity contribution in [1.82, 2.24) is 4.98 Å². The van der Waals surface area contributed by atoms with Crippen molar-refractivity contribution in [3.05, 3.63) is 59.7 Å². The highest BCUT2D eigenvalue weighted by Gasteiger charge is 2.18. The predicted octanol–water partition coefficient (Wildman–Crippen LogP) is 2.48. The number of pyridine rings is 1. The van der Waals surface area contributed by atoms with E-state index in [0.29, 0.717) is 19.0 Å². The van der Waals surface area contributed by atoms with Gasteiger partial charge in [-0.05, 0) is 24.3 Å². The summed E-state index contributed by atoms with van der Waals surface area (Å²) in [6.45, 7) is 0.714. The van der Waals surface area contributed by atoms with Crippen LogP contribution in [-0.2, 0) is 4.74 Å². The van der Waals surface area contributed by atoms with Crippen molar-refractivity contribution in [2.75, 3.05) is 20.3 Å². The molecule has 1 aromatic heterocycles. The third-order valence-electron chi connectivity index (χ3n) is 2.65. The van der Waals surface area contributed by atoms with Gasteiger partial charge >= 0.3 is 0 Å². The molecule has 0 bridgehead atoms. The van der Waals surface area contributed by atoms with Gasteiger partial charge in [-0.1, -0.05) is 12.1 Å². The van der Waals surface area contributed by atoms with Crippen molar-refractivity contribution in [3.63, 3.8) is 0 Å². The molecule has 0 fully saturated rings. The SMILES string of the molecule is COCCOc1ccccc1C(=O)c1ncccc1F. The Morgan fingerprint density at radius 2 is 2.00 bits per heavy atom. The average molecular weight is 275 g/mol. The smallest absolute Gasteiger partial charge is 0.218 e. The monoisotopic (exact) mass is 275 g/mol. The Morgan fingerprint density at radius 3 is 2.75 bits per heavy atom. The number of ether oxygens (including phenoxy) is 2. The molecule has 5 heteroatoms. The molecule has 0 aliphatic carbocycles. The third-order valence-corrected chi connectivity index (χ3v) is 2.65. The van der Waals surface area contributed by atoms with E-state index >= 15 is 0 Å². The first-order valence-corrected chi connectivity index (χ1v) is 6.10. The first-order valence-electron chi connectivity index (χ1n) is 6.10. The zero-order chi connectivity index (χ0) is 14.4. The van der Waals surface area contributed by atoms with Gasteiger partial charge in [0, 0.05) is 13.3 Å². The second kappa shape index (κ2) is 6.77. The number of carbonyl (C=O) groups excluding carboxylic acids is 1. The molecule has 0 N–H and O–H groups in total. The number of hydrogen-bond acceptors (Lipinski definition) is 4. The van der Waals surface area contributed by atoms with E-state index in [9.17, 15) is 9.18 Å². The lowest BCUT2D eigenvalue weighted by atomic mass is 10.1. The number of nitrogens with zero attached hydrogens (tertiary/aromatic N) is 1. The van der Waals surface area contributed by atoms with Gasteiger partial charge in [-0.25, -0.2) is 9.37 Å². The molecule has 104 valence electrons. The summed E-state index contributed by atoms with van der Waals surface area (Å²) < 4.78 is 24.0. The number of rotatable bonds is 6. The Bertz CT molecular complexity index is 601. The van der Waals surface area contributed by atoms with Crippen molar-refractivity contribution in [3.8, 4) is 5.75 Å². The van der Waals surface area contributed by atoms with Crippen LogP contribution in [0.1, 0.15) is 16.1 Å². The topological polar surface area (TPSA) is 48.4 Å². The second-order valence-corrected chi connectivity index (χ2v) is 4.00. The van der Waals surface area contributed by atoms with Gasteiger partial charge in [-0.2, -0.15) is 0 Å². The molecule has 20 heavy (non-hydrogen) atoms. The molecular formula is C15H14FNO3. The maximum absolute atomic E-state index is 13.6. The number of ketones is 1. The number of benzene rings is 1. The van der Waals surface area contributed by atoms with Crippen LogP contribution in [0, 0.1) is 5.82 Å². The number of methoxy groups -OCH3 is 1. The van der Waals surface area contributed by atoms with Crippen LogP contribution in [0.5, 0.6) is 5.75 Å². The van der Waals surface area contributed by atoms with Gasteiger partial charge in [0.05, 0.1) is 12.2 Å².